The lowest BCUT2D eigenvalue weighted by atomic mass is 10.1. The molecule has 0 N–H and O–H groups in total. The van der Waals surface area contributed by atoms with Gasteiger partial charge in [0, 0.05) is 0 Å². The van der Waals surface area contributed by atoms with Crippen molar-refractivity contribution in [3.05, 3.63) is 58.5 Å². The van der Waals surface area contributed by atoms with Crippen molar-refractivity contribution in [2.24, 2.45) is 0 Å². The Labute approximate surface area is 90.2 Å². The maximum Gasteiger partial charge on any atom is -0.00994 e. The lowest BCUT2D eigenvalue weighted by molar-refractivity contribution is 1.55. The quantitative estimate of drug-likeness (QED) is 0.516. The van der Waals surface area contributed by atoms with Crippen LogP contribution in [0.4, 0.5) is 0 Å². The Kier molecular flexibility index (Phi) is 2.20. The Morgan fingerprint density at radius 3 is 2.40 bits per heavy atom. The highest BCUT2D eigenvalue weighted by Crippen LogP contribution is 2.24. The lowest BCUT2D eigenvalue weighted by Gasteiger charge is -1.99. The van der Waals surface area contributed by atoms with Crippen LogP contribution in [0.25, 0.3) is 23.8 Å². The van der Waals surface area contributed by atoms with E-state index in [1.165, 1.54) is 21.9 Å². The van der Waals surface area contributed by atoms with Crippen LogP contribution in [0, 0.1) is 0 Å². The first-order chi connectivity index (χ1) is 6.86. The maximum absolute atomic E-state index is 4.04. The molecule has 0 amide bonds. The molecule has 0 bridgehead atoms. The molecule has 0 saturated carbocycles. The predicted octanol–water partition coefficient (Wildman–Crippen LogP) is 2.54. The van der Waals surface area contributed by atoms with E-state index >= 15 is 0 Å². The average Bonchev–Trinajstić information content (AvgIpc) is 2.59. The van der Waals surface area contributed by atoms with E-state index in [9.17, 15) is 0 Å². The fraction of sp³-hybridized carbons (Fsp3) is 0.0667. The minimum absolute atomic E-state index is 0. The van der Waals surface area contributed by atoms with Gasteiger partial charge in [-0.05, 0) is 33.2 Å². The zero-order valence-corrected chi connectivity index (χ0v) is 7.83. The number of fused-ring (bicyclic) bond motifs is 3. The highest BCUT2D eigenvalue weighted by Gasteiger charge is 2.09. The Morgan fingerprint density at radius 1 is 0.800 bits per heavy atom. The van der Waals surface area contributed by atoms with Crippen molar-refractivity contribution in [2.75, 3.05) is 0 Å². The van der Waals surface area contributed by atoms with Crippen LogP contribution in [0.1, 0.15) is 13.0 Å². The summed E-state index contributed by atoms with van der Waals surface area (Å²) >= 11 is 0. The second-order valence-electron chi connectivity index (χ2n) is 3.61. The summed E-state index contributed by atoms with van der Waals surface area (Å²) in [5.74, 6) is 0. The van der Waals surface area contributed by atoms with Gasteiger partial charge in [0.15, 0.2) is 0 Å². The third-order valence-electron chi connectivity index (χ3n) is 2.75. The van der Waals surface area contributed by atoms with Crippen molar-refractivity contribution < 1.29 is 0 Å². The highest BCUT2D eigenvalue weighted by molar-refractivity contribution is 5.82. The molecule has 15 heavy (non-hydrogen) atoms. The molecule has 2 aromatic carbocycles. The lowest BCUT2D eigenvalue weighted by Crippen LogP contribution is -2.22. The molecule has 0 radical (unpaired) electrons. The number of hydrogen-bond donors (Lipinski definition) is 0. The average molecular weight is 194 g/mol. The van der Waals surface area contributed by atoms with Gasteiger partial charge in [-0.25, -0.2) is 0 Å². The number of hydrogen-bond acceptors (Lipinski definition) is 0. The SMILES string of the molecule is C.C=c1cccc2c1=Cc1ccccc1-2. The molecule has 74 valence electrons. The van der Waals surface area contributed by atoms with E-state index in [0.717, 1.165) is 5.22 Å². The third-order valence-corrected chi connectivity index (χ3v) is 2.75. The number of rotatable bonds is 0. The topological polar surface area (TPSA) is 0 Å². The first-order valence-electron chi connectivity index (χ1n) is 4.75. The predicted molar refractivity (Wildman–Crippen MR) is 66.9 cm³/mol. The van der Waals surface area contributed by atoms with Crippen molar-refractivity contribution >= 4 is 12.7 Å². The third kappa shape index (κ3) is 1.30. The van der Waals surface area contributed by atoms with Gasteiger partial charge in [0.1, 0.15) is 0 Å². The van der Waals surface area contributed by atoms with E-state index in [1.807, 2.05) is 0 Å². The Hall–Kier alpha value is -1.82. The van der Waals surface area contributed by atoms with Gasteiger partial charge in [0.25, 0.3) is 0 Å². The summed E-state index contributed by atoms with van der Waals surface area (Å²) in [6.07, 6.45) is 2.22. The molecule has 0 aliphatic heterocycles. The molecule has 2 aromatic rings. The molecule has 0 heteroatoms. The van der Waals surface area contributed by atoms with Crippen LogP contribution in [0.3, 0.4) is 0 Å². The van der Waals surface area contributed by atoms with Crippen molar-refractivity contribution in [3.63, 3.8) is 0 Å². The van der Waals surface area contributed by atoms with Crippen molar-refractivity contribution in [1.29, 1.82) is 0 Å². The van der Waals surface area contributed by atoms with Crippen LogP contribution in [0.15, 0.2) is 42.5 Å². The summed E-state index contributed by atoms with van der Waals surface area (Å²) in [6.45, 7) is 4.04. The Morgan fingerprint density at radius 2 is 1.53 bits per heavy atom. The van der Waals surface area contributed by atoms with Crippen LogP contribution < -0.4 is 10.4 Å². The first-order valence-corrected chi connectivity index (χ1v) is 4.75. The normalized spacial score (nSPS) is 10.9. The van der Waals surface area contributed by atoms with E-state index in [1.54, 1.807) is 0 Å². The monoisotopic (exact) mass is 194 g/mol. The second kappa shape index (κ2) is 3.39. The zero-order chi connectivity index (χ0) is 9.54. The van der Waals surface area contributed by atoms with Gasteiger partial charge in [-0.15, -0.1) is 0 Å². The Balaban J connectivity index is 0.000000853. The standard InChI is InChI=1S/C14H10.CH4/c1-10-5-4-8-13-12-7-3-2-6-11(12)9-14(10)13;/h2-9H,1H2;1H4. The highest BCUT2D eigenvalue weighted by atomic mass is 14.1. The molecular formula is C15H14. The van der Waals surface area contributed by atoms with Crippen LogP contribution in [-0.2, 0) is 0 Å². The molecule has 0 unspecified atom stereocenters. The van der Waals surface area contributed by atoms with Gasteiger partial charge >= 0.3 is 0 Å². The number of benzene rings is 2. The second-order valence-corrected chi connectivity index (χ2v) is 3.61. The van der Waals surface area contributed by atoms with Crippen molar-refractivity contribution in [1.82, 2.24) is 0 Å². The summed E-state index contributed by atoms with van der Waals surface area (Å²) < 4.78 is 0. The van der Waals surface area contributed by atoms with Gasteiger partial charge in [-0.1, -0.05) is 56.5 Å². The smallest absolute Gasteiger partial charge is 0.00994 e. The summed E-state index contributed by atoms with van der Waals surface area (Å²) in [5, 5.41) is 2.38. The van der Waals surface area contributed by atoms with Crippen LogP contribution in [0.5, 0.6) is 0 Å². The molecule has 0 aromatic heterocycles. The van der Waals surface area contributed by atoms with Gasteiger partial charge in [-0.3, -0.25) is 0 Å². The van der Waals surface area contributed by atoms with E-state index < -0.39 is 0 Å². The van der Waals surface area contributed by atoms with Crippen molar-refractivity contribution in [2.45, 2.75) is 7.43 Å². The summed E-state index contributed by atoms with van der Waals surface area (Å²) in [6, 6.07) is 14.7. The fourth-order valence-electron chi connectivity index (χ4n) is 2.04. The van der Waals surface area contributed by atoms with Crippen molar-refractivity contribution in [3.8, 4) is 11.1 Å². The first kappa shape index (κ1) is 9.72. The van der Waals surface area contributed by atoms with Crippen LogP contribution in [-0.4, -0.2) is 0 Å². The van der Waals surface area contributed by atoms with E-state index in [-0.39, 0.29) is 7.43 Å². The summed E-state index contributed by atoms with van der Waals surface area (Å²) in [4.78, 5) is 0. The zero-order valence-electron chi connectivity index (χ0n) is 7.83. The molecule has 0 heterocycles. The van der Waals surface area contributed by atoms with Gasteiger partial charge in [0.2, 0.25) is 0 Å². The van der Waals surface area contributed by atoms with Gasteiger partial charge in [0.05, 0.1) is 0 Å². The molecule has 0 fully saturated rings. The molecule has 0 saturated heterocycles. The Bertz CT molecular complexity index is 606. The van der Waals surface area contributed by atoms with Crippen LogP contribution >= 0.6 is 0 Å². The van der Waals surface area contributed by atoms with E-state index in [0.29, 0.717) is 0 Å². The maximum atomic E-state index is 4.04. The molecule has 1 aliphatic carbocycles. The molecule has 1 aliphatic rings. The van der Waals surface area contributed by atoms with E-state index in [2.05, 4.69) is 55.1 Å². The minimum atomic E-state index is 0. The molecular weight excluding hydrogens is 180 g/mol. The fourth-order valence-corrected chi connectivity index (χ4v) is 2.04. The largest absolute Gasteiger partial charge is 0.0911 e. The van der Waals surface area contributed by atoms with E-state index in [4.69, 9.17) is 0 Å². The summed E-state index contributed by atoms with van der Waals surface area (Å²) in [7, 11) is 0. The molecule has 3 rings (SSSR count). The minimum Gasteiger partial charge on any atom is -0.0911 e. The summed E-state index contributed by atoms with van der Waals surface area (Å²) in [5.41, 5.74) is 3.94. The van der Waals surface area contributed by atoms with Crippen LogP contribution in [0.2, 0.25) is 0 Å². The molecule has 0 nitrogen and oxygen atoms in total. The molecule has 0 spiro atoms. The van der Waals surface area contributed by atoms with Gasteiger partial charge < -0.3 is 0 Å². The van der Waals surface area contributed by atoms with Gasteiger partial charge in [-0.2, -0.15) is 0 Å². The molecule has 0 atom stereocenters.